The summed E-state index contributed by atoms with van der Waals surface area (Å²) in [5.74, 6) is -1.41. The molecular formula is C26H25N3O4. The van der Waals surface area contributed by atoms with Gasteiger partial charge in [-0.25, -0.2) is 0 Å². The Labute approximate surface area is 192 Å². The van der Waals surface area contributed by atoms with Gasteiger partial charge in [0.1, 0.15) is 12.1 Å². The maximum atomic E-state index is 13.3. The Hall–Kier alpha value is -3.74. The molecule has 2 saturated heterocycles. The fourth-order valence-electron chi connectivity index (χ4n) is 4.98. The Kier molecular flexibility index (Phi) is 5.32. The number of carbonyl (C=O) groups is 4. The van der Waals surface area contributed by atoms with Crippen molar-refractivity contribution in [1.29, 1.82) is 0 Å². The van der Waals surface area contributed by atoms with Crippen LogP contribution in [0, 0.1) is 0 Å². The van der Waals surface area contributed by atoms with Crippen LogP contribution in [0.15, 0.2) is 60.7 Å². The molecule has 0 aromatic heterocycles. The van der Waals surface area contributed by atoms with Crippen molar-refractivity contribution < 1.29 is 19.2 Å². The number of carbonyl (C=O) groups excluding carboxylic acids is 4. The lowest BCUT2D eigenvalue weighted by atomic mass is 9.89. The van der Waals surface area contributed by atoms with Crippen molar-refractivity contribution in [2.75, 3.05) is 13.1 Å². The van der Waals surface area contributed by atoms with Crippen molar-refractivity contribution in [3.63, 3.8) is 0 Å². The van der Waals surface area contributed by atoms with Gasteiger partial charge in [0.2, 0.25) is 11.8 Å². The molecule has 0 radical (unpaired) electrons. The predicted octanol–water partition coefficient (Wildman–Crippen LogP) is 2.59. The first-order valence-electron chi connectivity index (χ1n) is 11.3. The third-order valence-corrected chi connectivity index (χ3v) is 6.73. The highest BCUT2D eigenvalue weighted by molar-refractivity contribution is 6.23. The molecule has 2 fully saturated rings. The van der Waals surface area contributed by atoms with Crippen molar-refractivity contribution in [2.45, 2.75) is 37.9 Å². The van der Waals surface area contributed by atoms with Crippen molar-refractivity contribution in [1.82, 2.24) is 14.7 Å². The smallest absolute Gasteiger partial charge is 0.262 e. The zero-order chi connectivity index (χ0) is 23.1. The highest BCUT2D eigenvalue weighted by atomic mass is 16.2. The first kappa shape index (κ1) is 21.1. The van der Waals surface area contributed by atoms with E-state index in [4.69, 9.17) is 0 Å². The third-order valence-electron chi connectivity index (χ3n) is 6.73. The summed E-state index contributed by atoms with van der Waals surface area (Å²) in [4.78, 5) is 56.9. The number of amides is 4. The summed E-state index contributed by atoms with van der Waals surface area (Å²) in [5, 5.41) is 0. The third kappa shape index (κ3) is 3.44. The van der Waals surface area contributed by atoms with E-state index in [-0.39, 0.29) is 11.8 Å². The first-order valence-corrected chi connectivity index (χ1v) is 11.3. The fraction of sp³-hybridized carbons (Fsp3) is 0.308. The maximum Gasteiger partial charge on any atom is 0.262 e. The van der Waals surface area contributed by atoms with Crippen LogP contribution >= 0.6 is 0 Å². The van der Waals surface area contributed by atoms with E-state index in [1.165, 1.54) is 4.90 Å². The Morgan fingerprint density at radius 2 is 1.48 bits per heavy atom. The summed E-state index contributed by atoms with van der Waals surface area (Å²) in [5.41, 5.74) is 1.54. The van der Waals surface area contributed by atoms with Crippen LogP contribution in [-0.4, -0.2) is 69.5 Å². The van der Waals surface area contributed by atoms with Crippen LogP contribution in [-0.2, 0) is 9.59 Å². The molecule has 0 bridgehead atoms. The van der Waals surface area contributed by atoms with Gasteiger partial charge in [-0.15, -0.1) is 0 Å². The molecule has 33 heavy (non-hydrogen) atoms. The normalized spacial score (nSPS) is 23.3. The Morgan fingerprint density at radius 3 is 2.09 bits per heavy atom. The van der Waals surface area contributed by atoms with Gasteiger partial charge in [-0.1, -0.05) is 54.6 Å². The summed E-state index contributed by atoms with van der Waals surface area (Å²) in [7, 11) is 0. The van der Waals surface area contributed by atoms with Crippen LogP contribution in [0.1, 0.15) is 46.0 Å². The summed E-state index contributed by atoms with van der Waals surface area (Å²) in [6.07, 6.45) is 5.60. The van der Waals surface area contributed by atoms with Crippen LogP contribution in [0.4, 0.5) is 0 Å². The Balaban J connectivity index is 1.46. The highest BCUT2D eigenvalue weighted by Crippen LogP contribution is 2.35. The molecule has 3 aliphatic heterocycles. The average molecular weight is 444 g/mol. The summed E-state index contributed by atoms with van der Waals surface area (Å²) in [6.45, 7) is 3.11. The van der Waals surface area contributed by atoms with Crippen molar-refractivity contribution >= 4 is 29.7 Å². The molecule has 0 unspecified atom stereocenters. The zero-order valence-corrected chi connectivity index (χ0v) is 18.4. The SMILES string of the molecule is C[C@@H](C(=O)N1CCCC1)N1C(=O)[C@@H](N2C(=O)c3ccccc3C2=O)[C@H]1C=Cc1ccccc1. The number of fused-ring (bicyclic) bond motifs is 1. The molecule has 3 heterocycles. The monoisotopic (exact) mass is 443 g/mol. The molecule has 5 rings (SSSR count). The van der Waals surface area contributed by atoms with Gasteiger partial charge in [-0.2, -0.15) is 0 Å². The van der Waals surface area contributed by atoms with E-state index >= 15 is 0 Å². The lowest BCUT2D eigenvalue weighted by Gasteiger charge is -2.51. The van der Waals surface area contributed by atoms with Gasteiger partial charge < -0.3 is 9.80 Å². The summed E-state index contributed by atoms with van der Waals surface area (Å²) >= 11 is 0. The topological polar surface area (TPSA) is 78.0 Å². The molecule has 0 spiro atoms. The molecule has 4 amide bonds. The van der Waals surface area contributed by atoms with Crippen molar-refractivity contribution in [3.05, 3.63) is 77.4 Å². The zero-order valence-electron chi connectivity index (χ0n) is 18.4. The number of imide groups is 1. The number of hydrogen-bond donors (Lipinski definition) is 0. The predicted molar refractivity (Wildman–Crippen MR) is 122 cm³/mol. The van der Waals surface area contributed by atoms with E-state index in [9.17, 15) is 19.2 Å². The van der Waals surface area contributed by atoms with E-state index in [2.05, 4.69) is 0 Å². The van der Waals surface area contributed by atoms with Gasteiger partial charge in [0, 0.05) is 13.1 Å². The number of benzene rings is 2. The summed E-state index contributed by atoms with van der Waals surface area (Å²) in [6, 6.07) is 14.0. The minimum absolute atomic E-state index is 0.0974. The second-order valence-electron chi connectivity index (χ2n) is 8.68. The lowest BCUT2D eigenvalue weighted by molar-refractivity contribution is -0.162. The first-order chi connectivity index (χ1) is 16.0. The minimum atomic E-state index is -0.966. The van der Waals surface area contributed by atoms with Crippen molar-refractivity contribution in [3.8, 4) is 0 Å². The molecule has 3 atom stereocenters. The molecule has 2 aromatic carbocycles. The van der Waals surface area contributed by atoms with Crippen LogP contribution in [0.5, 0.6) is 0 Å². The summed E-state index contributed by atoms with van der Waals surface area (Å²) < 4.78 is 0. The van der Waals surface area contributed by atoms with Crippen LogP contribution in [0.25, 0.3) is 6.08 Å². The maximum absolute atomic E-state index is 13.3. The van der Waals surface area contributed by atoms with Crippen LogP contribution in [0.3, 0.4) is 0 Å². The molecule has 0 saturated carbocycles. The lowest BCUT2D eigenvalue weighted by Crippen LogP contribution is -2.74. The number of hydrogen-bond acceptors (Lipinski definition) is 4. The minimum Gasteiger partial charge on any atom is -0.341 e. The van der Waals surface area contributed by atoms with Gasteiger partial charge in [-0.3, -0.25) is 24.1 Å². The van der Waals surface area contributed by atoms with E-state index in [1.807, 2.05) is 42.5 Å². The van der Waals surface area contributed by atoms with Gasteiger partial charge in [0.25, 0.3) is 11.8 Å². The molecule has 0 aliphatic carbocycles. The van der Waals surface area contributed by atoms with E-state index < -0.39 is 29.9 Å². The molecule has 7 heteroatoms. The second-order valence-corrected chi connectivity index (χ2v) is 8.68. The number of β-lactam (4-membered cyclic amide) rings is 1. The largest absolute Gasteiger partial charge is 0.341 e. The van der Waals surface area contributed by atoms with Gasteiger partial charge in [-0.05, 0) is 37.5 Å². The van der Waals surface area contributed by atoms with Gasteiger partial charge in [0.05, 0.1) is 17.2 Å². The standard InChI is InChI=1S/C26H25N3O4/c1-17(23(30)27-15-7-8-16-27)28-21(14-13-18-9-3-2-4-10-18)22(26(28)33)29-24(31)19-11-5-6-12-20(19)25(29)32/h2-6,9-14,17,21-22H,7-8,15-16H2,1H3/t17-,21+,22-/m0/s1. The number of nitrogens with zero attached hydrogens (tertiary/aromatic N) is 3. The Bertz CT molecular complexity index is 1120. The quantitative estimate of drug-likeness (QED) is 0.526. The Morgan fingerprint density at radius 1 is 0.909 bits per heavy atom. The van der Waals surface area contributed by atoms with Gasteiger partial charge in [0.15, 0.2) is 0 Å². The van der Waals surface area contributed by atoms with E-state index in [1.54, 1.807) is 36.1 Å². The highest BCUT2D eigenvalue weighted by Gasteiger charge is 2.57. The number of likely N-dealkylation sites (tertiary alicyclic amines) is 2. The van der Waals surface area contributed by atoms with Crippen LogP contribution in [0.2, 0.25) is 0 Å². The molecule has 0 N–H and O–H groups in total. The van der Waals surface area contributed by atoms with Crippen LogP contribution < -0.4 is 0 Å². The molecule has 3 aliphatic rings. The van der Waals surface area contributed by atoms with Gasteiger partial charge >= 0.3 is 0 Å². The number of rotatable bonds is 5. The fourth-order valence-corrected chi connectivity index (χ4v) is 4.98. The average Bonchev–Trinajstić information content (AvgIpc) is 3.46. The van der Waals surface area contributed by atoms with E-state index in [0.717, 1.165) is 23.3 Å². The molecule has 7 nitrogen and oxygen atoms in total. The van der Waals surface area contributed by atoms with E-state index in [0.29, 0.717) is 24.2 Å². The molecule has 2 aromatic rings. The van der Waals surface area contributed by atoms with Crippen molar-refractivity contribution in [2.24, 2.45) is 0 Å². The molecule has 168 valence electrons. The second kappa shape index (κ2) is 8.31. The molecular weight excluding hydrogens is 418 g/mol.